The van der Waals surface area contributed by atoms with Crippen LogP contribution in [0.5, 0.6) is 0 Å². The Kier molecular flexibility index (Phi) is 11.3. The van der Waals surface area contributed by atoms with Crippen LogP contribution in [0, 0.1) is 0 Å². The summed E-state index contributed by atoms with van der Waals surface area (Å²) < 4.78 is 9.23. The highest BCUT2D eigenvalue weighted by Gasteiger charge is 2.37. The Morgan fingerprint density at radius 2 is 1.34 bits per heavy atom. The summed E-state index contributed by atoms with van der Waals surface area (Å²) in [6, 6.07) is 18.2. The number of ether oxygens (including phenoxy) is 2. The molecule has 0 spiro atoms. The van der Waals surface area contributed by atoms with Crippen LogP contribution in [0.2, 0.25) is 0 Å². The van der Waals surface area contributed by atoms with Gasteiger partial charge in [0.2, 0.25) is 17.7 Å². The molecule has 3 heterocycles. The van der Waals surface area contributed by atoms with Gasteiger partial charge in [-0.05, 0) is 79.1 Å². The Morgan fingerprint density at radius 3 is 2.00 bits per heavy atom. The number of rotatable bonds is 10. The molecule has 4 aromatic rings. The first kappa shape index (κ1) is 36.9. The van der Waals surface area contributed by atoms with Gasteiger partial charge in [0.25, 0.3) is 0 Å². The van der Waals surface area contributed by atoms with E-state index in [4.69, 9.17) is 0 Å². The molecule has 14 nitrogen and oxygen atoms in total. The molecular weight excluding hydrogens is 678 g/mol. The third-order valence-electron chi connectivity index (χ3n) is 9.97. The number of hydrogen-bond acceptors (Lipinski definition) is 8. The van der Waals surface area contributed by atoms with Crippen molar-refractivity contribution >= 4 is 40.7 Å². The lowest BCUT2D eigenvalue weighted by atomic mass is 9.98. The number of amides is 5. The molecule has 0 radical (unpaired) electrons. The number of nitrogens with one attached hydrogen (secondary N) is 4. The van der Waals surface area contributed by atoms with E-state index in [9.17, 15) is 24.0 Å². The van der Waals surface area contributed by atoms with Gasteiger partial charge in [-0.25, -0.2) is 14.6 Å². The van der Waals surface area contributed by atoms with Gasteiger partial charge >= 0.3 is 12.2 Å². The van der Waals surface area contributed by atoms with Crippen molar-refractivity contribution in [2.75, 3.05) is 27.3 Å². The van der Waals surface area contributed by atoms with Crippen LogP contribution in [0.3, 0.4) is 0 Å². The summed E-state index contributed by atoms with van der Waals surface area (Å²) in [7, 11) is 2.50. The van der Waals surface area contributed by atoms with Crippen molar-refractivity contribution in [1.29, 1.82) is 0 Å². The second-order valence-electron chi connectivity index (χ2n) is 13.5. The monoisotopic (exact) mass is 723 g/mol. The van der Waals surface area contributed by atoms with Gasteiger partial charge in [0.1, 0.15) is 23.9 Å². The van der Waals surface area contributed by atoms with Gasteiger partial charge in [-0.2, -0.15) is 0 Å². The summed E-state index contributed by atoms with van der Waals surface area (Å²) in [5.41, 5.74) is 4.85. The molecule has 2 saturated heterocycles. The van der Waals surface area contributed by atoms with Crippen LogP contribution in [-0.4, -0.2) is 95.1 Å². The molecule has 3 aromatic carbocycles. The van der Waals surface area contributed by atoms with E-state index in [1.807, 2.05) is 30.3 Å². The van der Waals surface area contributed by atoms with Crippen molar-refractivity contribution < 1.29 is 33.4 Å². The highest BCUT2D eigenvalue weighted by Crippen LogP contribution is 2.33. The van der Waals surface area contributed by atoms with Crippen LogP contribution in [-0.2, 0) is 30.4 Å². The number of H-pyrrole nitrogens is 1. The van der Waals surface area contributed by atoms with E-state index in [-0.39, 0.29) is 23.8 Å². The van der Waals surface area contributed by atoms with Crippen molar-refractivity contribution in [3.8, 4) is 22.4 Å². The normalized spacial score (nSPS) is 18.0. The molecular formula is C39H45N7O7. The summed E-state index contributed by atoms with van der Waals surface area (Å²) in [5.74, 6) is -0.00345. The molecule has 0 aliphatic carbocycles. The number of fused-ring (bicyclic) bond motifs is 1. The average molecular weight is 724 g/mol. The van der Waals surface area contributed by atoms with Gasteiger partial charge in [-0.3, -0.25) is 14.4 Å². The van der Waals surface area contributed by atoms with Gasteiger partial charge < -0.3 is 40.2 Å². The maximum atomic E-state index is 13.1. The zero-order valence-electron chi connectivity index (χ0n) is 30.3. The zero-order chi connectivity index (χ0) is 37.6. The first-order chi connectivity index (χ1) is 25.6. The number of aromatic amines is 1. The van der Waals surface area contributed by atoms with E-state index in [0.717, 1.165) is 51.6 Å². The largest absolute Gasteiger partial charge is 0.453 e. The SMILES string of the molecule is COC(=O)N[C@@H](C)C(=O)N1CCC[C@H]1C(=O)NCc1ccc(-c2ccc3cc(-c4cnc([C@@H]5CCCN5C(=O)[C@H](C)NC(=O)OC)[nH]4)ccc3c2)cc1. The minimum Gasteiger partial charge on any atom is -0.453 e. The number of aromatic nitrogens is 2. The number of carbonyl (C=O) groups excluding carboxylic acids is 5. The molecule has 53 heavy (non-hydrogen) atoms. The highest BCUT2D eigenvalue weighted by atomic mass is 16.5. The molecule has 2 fully saturated rings. The second kappa shape index (κ2) is 16.2. The fourth-order valence-corrected chi connectivity index (χ4v) is 7.08. The number of hydrogen-bond donors (Lipinski definition) is 4. The van der Waals surface area contributed by atoms with Gasteiger partial charge in [0.15, 0.2) is 0 Å². The molecule has 0 saturated carbocycles. The van der Waals surface area contributed by atoms with Gasteiger partial charge in [-0.1, -0.05) is 48.5 Å². The Balaban J connectivity index is 1.06. The quantitative estimate of drug-likeness (QED) is 0.183. The summed E-state index contributed by atoms with van der Waals surface area (Å²) >= 11 is 0. The standard InChI is InChI=1S/C39H45N7O7/c1-23(42-38(50)52-3)36(48)45-17-5-7-32(45)34-40-22-31(44-34)30-16-15-28-19-27(13-14-29(28)20-30)26-11-9-25(10-12-26)21-41-35(47)33-8-6-18-46(33)37(49)24(2)43-39(51)53-4/h9-16,19-20,22-24,32-33H,5-8,17-18,21H2,1-4H3,(H,40,44)(H,41,47)(H,42,50)(H,43,51)/t23-,24-,32-,33-/m0/s1. The van der Waals surface area contributed by atoms with Gasteiger partial charge in [0, 0.05) is 25.2 Å². The molecule has 2 aliphatic rings. The molecule has 6 rings (SSSR count). The van der Waals surface area contributed by atoms with E-state index in [0.29, 0.717) is 38.3 Å². The summed E-state index contributed by atoms with van der Waals surface area (Å²) in [6.45, 7) is 4.59. The van der Waals surface area contributed by atoms with E-state index in [2.05, 4.69) is 65.7 Å². The molecule has 14 heteroatoms. The number of nitrogens with zero attached hydrogens (tertiary/aromatic N) is 3. The summed E-state index contributed by atoms with van der Waals surface area (Å²) in [4.78, 5) is 73.6. The van der Waals surface area contributed by atoms with Crippen molar-refractivity contribution in [1.82, 2.24) is 35.7 Å². The fraction of sp³-hybridized carbons (Fsp3) is 0.385. The van der Waals surface area contributed by atoms with E-state index >= 15 is 0 Å². The van der Waals surface area contributed by atoms with E-state index < -0.39 is 30.3 Å². The van der Waals surface area contributed by atoms with Crippen molar-refractivity contribution in [2.24, 2.45) is 0 Å². The predicted molar refractivity (Wildman–Crippen MR) is 197 cm³/mol. The summed E-state index contributed by atoms with van der Waals surface area (Å²) in [6.07, 6.45) is 3.35. The van der Waals surface area contributed by atoms with Crippen LogP contribution in [0.15, 0.2) is 66.9 Å². The topological polar surface area (TPSA) is 175 Å². The van der Waals surface area contributed by atoms with E-state index in [1.54, 1.807) is 24.9 Å². The maximum Gasteiger partial charge on any atom is 0.407 e. The van der Waals surface area contributed by atoms with Crippen LogP contribution < -0.4 is 16.0 Å². The number of likely N-dealkylation sites (tertiary alicyclic amines) is 2. The van der Waals surface area contributed by atoms with Crippen LogP contribution >= 0.6 is 0 Å². The molecule has 1 aromatic heterocycles. The minimum absolute atomic E-state index is 0.178. The fourth-order valence-electron chi connectivity index (χ4n) is 7.08. The lowest BCUT2D eigenvalue weighted by molar-refractivity contribution is -0.139. The first-order valence-electron chi connectivity index (χ1n) is 17.8. The molecule has 2 aliphatic heterocycles. The Morgan fingerprint density at radius 1 is 0.774 bits per heavy atom. The minimum atomic E-state index is -0.798. The van der Waals surface area contributed by atoms with Gasteiger partial charge in [-0.15, -0.1) is 0 Å². The highest BCUT2D eigenvalue weighted by molar-refractivity contribution is 5.92. The average Bonchev–Trinajstić information content (AvgIpc) is 3.97. The van der Waals surface area contributed by atoms with Crippen LogP contribution in [0.25, 0.3) is 33.2 Å². The van der Waals surface area contributed by atoms with Crippen LogP contribution in [0.4, 0.5) is 9.59 Å². The van der Waals surface area contributed by atoms with Gasteiger partial charge in [0.05, 0.1) is 32.2 Å². The molecule has 5 amide bonds. The van der Waals surface area contributed by atoms with Crippen molar-refractivity contribution in [3.05, 3.63) is 78.2 Å². The number of carbonyl (C=O) groups is 5. The lowest BCUT2D eigenvalue weighted by Gasteiger charge is -2.27. The Bertz CT molecular complexity index is 2000. The van der Waals surface area contributed by atoms with Crippen LogP contribution in [0.1, 0.15) is 57.0 Å². The Hall–Kier alpha value is -5.92. The number of imidazole rings is 1. The number of methoxy groups -OCH3 is 2. The van der Waals surface area contributed by atoms with E-state index in [1.165, 1.54) is 19.1 Å². The molecule has 0 bridgehead atoms. The summed E-state index contributed by atoms with van der Waals surface area (Å²) in [5, 5.41) is 10.1. The molecule has 0 unspecified atom stereocenters. The maximum absolute atomic E-state index is 13.1. The van der Waals surface area contributed by atoms with Crippen molar-refractivity contribution in [3.63, 3.8) is 0 Å². The third kappa shape index (κ3) is 8.27. The second-order valence-corrected chi connectivity index (χ2v) is 13.5. The molecule has 278 valence electrons. The third-order valence-corrected chi connectivity index (χ3v) is 9.97. The smallest absolute Gasteiger partial charge is 0.407 e. The first-order valence-corrected chi connectivity index (χ1v) is 17.8. The predicted octanol–water partition coefficient (Wildman–Crippen LogP) is 4.66. The lowest BCUT2D eigenvalue weighted by Crippen LogP contribution is -2.52. The Labute approximate surface area is 307 Å². The number of alkyl carbamates (subject to hydrolysis) is 2. The number of benzene rings is 3. The zero-order valence-corrected chi connectivity index (χ0v) is 30.3. The molecule has 4 atom stereocenters. The molecule has 4 N–H and O–H groups in total. The van der Waals surface area contributed by atoms with Crippen molar-refractivity contribution in [2.45, 2.75) is 70.2 Å².